The molecule has 0 fully saturated rings. The van der Waals surface area contributed by atoms with E-state index in [0.29, 0.717) is 13.2 Å². The van der Waals surface area contributed by atoms with Gasteiger partial charge in [0.2, 0.25) is 0 Å². The van der Waals surface area contributed by atoms with Crippen LogP contribution < -0.4 is 0 Å². The van der Waals surface area contributed by atoms with Crippen molar-refractivity contribution < 1.29 is 9.84 Å². The molecule has 1 aromatic rings. The molecule has 0 aliphatic carbocycles. The summed E-state index contributed by atoms with van der Waals surface area (Å²) >= 11 is 1.77. The Morgan fingerprint density at radius 3 is 2.94 bits per heavy atom. The second-order valence-electron chi connectivity index (χ2n) is 3.65. The third kappa shape index (κ3) is 5.03. The summed E-state index contributed by atoms with van der Waals surface area (Å²) in [5.41, 5.74) is 0. The summed E-state index contributed by atoms with van der Waals surface area (Å²) in [6, 6.07) is 0. The van der Waals surface area contributed by atoms with Crippen LogP contribution in [0, 0.1) is 0 Å². The molecule has 0 spiro atoms. The number of hydrogen-bond acceptors (Lipinski definition) is 5. The number of rotatable bonds is 8. The zero-order valence-corrected chi connectivity index (χ0v) is 10.8. The Balaban J connectivity index is 2.20. The maximum absolute atomic E-state index is 8.55. The molecule has 0 amide bonds. The van der Waals surface area contributed by atoms with Gasteiger partial charge in [0.15, 0.2) is 0 Å². The van der Waals surface area contributed by atoms with E-state index >= 15 is 0 Å². The van der Waals surface area contributed by atoms with Crippen LogP contribution in [-0.4, -0.2) is 48.4 Å². The van der Waals surface area contributed by atoms with Gasteiger partial charge in [-0.1, -0.05) is 6.92 Å². The summed E-state index contributed by atoms with van der Waals surface area (Å²) in [5.74, 6) is 0. The number of aromatic nitrogens is 1. The number of likely N-dealkylation sites (N-methyl/N-ethyl adjacent to an activating group) is 1. The Morgan fingerprint density at radius 1 is 1.50 bits per heavy atom. The van der Waals surface area contributed by atoms with Crippen LogP contribution in [0.2, 0.25) is 0 Å². The van der Waals surface area contributed by atoms with E-state index in [1.54, 1.807) is 11.3 Å². The molecule has 0 atom stereocenters. The highest BCUT2D eigenvalue weighted by Crippen LogP contribution is 2.14. The zero-order chi connectivity index (χ0) is 11.8. The largest absolute Gasteiger partial charge is 0.394 e. The van der Waals surface area contributed by atoms with Gasteiger partial charge in [-0.05, 0) is 13.5 Å². The van der Waals surface area contributed by atoms with Gasteiger partial charge in [0.1, 0.15) is 5.01 Å². The van der Waals surface area contributed by atoms with E-state index in [-0.39, 0.29) is 6.61 Å². The number of nitrogens with zero attached hydrogens (tertiary/aromatic N) is 2. The summed E-state index contributed by atoms with van der Waals surface area (Å²) in [6.45, 7) is 5.04. The highest BCUT2D eigenvalue weighted by molar-refractivity contribution is 7.11. The lowest BCUT2D eigenvalue weighted by atomic mass is 10.4. The number of hydrogen-bond donors (Lipinski definition) is 1. The minimum atomic E-state index is 0.0933. The number of aliphatic hydroxyl groups excluding tert-OH is 1. The maximum atomic E-state index is 8.55. The van der Waals surface area contributed by atoms with Crippen LogP contribution in [0.3, 0.4) is 0 Å². The quantitative estimate of drug-likeness (QED) is 0.697. The van der Waals surface area contributed by atoms with Gasteiger partial charge in [-0.15, -0.1) is 11.3 Å². The predicted octanol–water partition coefficient (Wildman–Crippen LogP) is 1.15. The molecule has 0 saturated carbocycles. The van der Waals surface area contributed by atoms with Crippen molar-refractivity contribution in [3.05, 3.63) is 16.1 Å². The van der Waals surface area contributed by atoms with Crippen LogP contribution in [0.1, 0.15) is 16.8 Å². The lowest BCUT2D eigenvalue weighted by Gasteiger charge is -2.14. The Labute approximate surface area is 101 Å². The van der Waals surface area contributed by atoms with Crippen LogP contribution in [0.25, 0.3) is 0 Å². The second-order valence-corrected chi connectivity index (χ2v) is 4.85. The standard InChI is InChI=1S/C11H20N2O2S/c1-3-10-8-12-11(16-10)9-13(2)4-6-15-7-5-14/h8,14H,3-7,9H2,1-2H3. The molecule has 1 N–H and O–H groups in total. The topological polar surface area (TPSA) is 45.6 Å². The molecule has 1 rings (SSSR count). The lowest BCUT2D eigenvalue weighted by molar-refractivity contribution is 0.0773. The molecule has 0 bridgehead atoms. The Kier molecular flexibility index (Phi) is 6.56. The van der Waals surface area contributed by atoms with Gasteiger partial charge in [-0.2, -0.15) is 0 Å². The Bertz CT molecular complexity index is 291. The van der Waals surface area contributed by atoms with Crippen molar-refractivity contribution in [1.82, 2.24) is 9.88 Å². The Hall–Kier alpha value is -0.490. The van der Waals surface area contributed by atoms with E-state index in [9.17, 15) is 0 Å². The Morgan fingerprint density at radius 2 is 2.31 bits per heavy atom. The van der Waals surface area contributed by atoms with E-state index in [1.807, 2.05) is 6.20 Å². The molecule has 1 aromatic heterocycles. The van der Waals surface area contributed by atoms with Gasteiger partial charge in [0, 0.05) is 17.6 Å². The van der Waals surface area contributed by atoms with Crippen LogP contribution >= 0.6 is 11.3 Å². The van der Waals surface area contributed by atoms with Crippen LogP contribution in [0.5, 0.6) is 0 Å². The molecule has 4 nitrogen and oxygen atoms in total. The smallest absolute Gasteiger partial charge is 0.107 e. The third-order valence-electron chi connectivity index (χ3n) is 2.21. The average Bonchev–Trinajstić information content (AvgIpc) is 2.72. The van der Waals surface area contributed by atoms with Gasteiger partial charge >= 0.3 is 0 Å². The highest BCUT2D eigenvalue weighted by Gasteiger charge is 2.04. The molecule has 1 heterocycles. The van der Waals surface area contributed by atoms with Crippen molar-refractivity contribution in [3.63, 3.8) is 0 Å². The zero-order valence-electron chi connectivity index (χ0n) is 9.98. The lowest BCUT2D eigenvalue weighted by Crippen LogP contribution is -2.23. The molecular formula is C11H20N2O2S. The van der Waals surface area contributed by atoms with Gasteiger partial charge in [-0.25, -0.2) is 4.98 Å². The van der Waals surface area contributed by atoms with Gasteiger partial charge < -0.3 is 9.84 Å². The van der Waals surface area contributed by atoms with E-state index in [0.717, 1.165) is 24.5 Å². The van der Waals surface area contributed by atoms with E-state index in [1.165, 1.54) is 4.88 Å². The van der Waals surface area contributed by atoms with Crippen molar-refractivity contribution >= 4 is 11.3 Å². The molecule has 16 heavy (non-hydrogen) atoms. The number of ether oxygens (including phenoxy) is 1. The van der Waals surface area contributed by atoms with Crippen LogP contribution in [0.15, 0.2) is 6.20 Å². The summed E-state index contributed by atoms with van der Waals surface area (Å²) in [7, 11) is 2.05. The second kappa shape index (κ2) is 7.73. The van der Waals surface area contributed by atoms with E-state index in [4.69, 9.17) is 9.84 Å². The van der Waals surface area contributed by atoms with Crippen molar-refractivity contribution in [1.29, 1.82) is 0 Å². The van der Waals surface area contributed by atoms with Gasteiger partial charge in [-0.3, -0.25) is 4.90 Å². The molecule has 0 aromatic carbocycles. The van der Waals surface area contributed by atoms with Crippen molar-refractivity contribution in [2.75, 3.05) is 33.4 Å². The average molecular weight is 244 g/mol. The first-order valence-corrected chi connectivity index (χ1v) is 6.38. The molecule has 0 aliphatic heterocycles. The fourth-order valence-corrected chi connectivity index (χ4v) is 2.22. The SMILES string of the molecule is CCc1cnc(CN(C)CCOCCO)s1. The molecular weight excluding hydrogens is 224 g/mol. The number of aryl methyl sites for hydroxylation is 1. The molecule has 0 aliphatic rings. The van der Waals surface area contributed by atoms with Gasteiger partial charge in [0.05, 0.1) is 26.4 Å². The minimum Gasteiger partial charge on any atom is -0.394 e. The fourth-order valence-electron chi connectivity index (χ4n) is 1.28. The molecule has 0 unspecified atom stereocenters. The third-order valence-corrected chi connectivity index (χ3v) is 3.33. The molecule has 5 heteroatoms. The number of thiazole rings is 1. The van der Waals surface area contributed by atoms with Crippen molar-refractivity contribution in [2.45, 2.75) is 19.9 Å². The maximum Gasteiger partial charge on any atom is 0.107 e. The molecule has 92 valence electrons. The normalized spacial score (nSPS) is 11.2. The predicted molar refractivity (Wildman–Crippen MR) is 65.7 cm³/mol. The fraction of sp³-hybridized carbons (Fsp3) is 0.727. The van der Waals surface area contributed by atoms with E-state index < -0.39 is 0 Å². The highest BCUT2D eigenvalue weighted by atomic mass is 32.1. The summed E-state index contributed by atoms with van der Waals surface area (Å²) in [4.78, 5) is 7.88. The van der Waals surface area contributed by atoms with Crippen molar-refractivity contribution in [3.8, 4) is 0 Å². The first-order chi connectivity index (χ1) is 7.76. The van der Waals surface area contributed by atoms with Crippen LogP contribution in [-0.2, 0) is 17.7 Å². The monoisotopic (exact) mass is 244 g/mol. The number of aliphatic hydroxyl groups is 1. The first-order valence-electron chi connectivity index (χ1n) is 5.57. The summed E-state index contributed by atoms with van der Waals surface area (Å²) < 4.78 is 5.21. The summed E-state index contributed by atoms with van der Waals surface area (Å²) in [5, 5.41) is 9.70. The van der Waals surface area contributed by atoms with Crippen LogP contribution in [0.4, 0.5) is 0 Å². The summed E-state index contributed by atoms with van der Waals surface area (Å²) in [6.07, 6.45) is 3.01. The van der Waals surface area contributed by atoms with E-state index in [2.05, 4.69) is 23.9 Å². The van der Waals surface area contributed by atoms with Gasteiger partial charge in [0.25, 0.3) is 0 Å². The molecule has 0 radical (unpaired) electrons. The first kappa shape index (κ1) is 13.6. The van der Waals surface area contributed by atoms with Crippen molar-refractivity contribution in [2.24, 2.45) is 0 Å². The minimum absolute atomic E-state index is 0.0933. The molecule has 0 saturated heterocycles.